The Hall–Kier alpha value is -2.22. The zero-order valence-electron chi connectivity index (χ0n) is 18.2. The van der Waals surface area contributed by atoms with Crippen LogP contribution in [-0.2, 0) is 15.5 Å². The fourth-order valence-electron chi connectivity index (χ4n) is 3.57. The van der Waals surface area contributed by atoms with Crippen molar-refractivity contribution in [3.63, 3.8) is 0 Å². The van der Waals surface area contributed by atoms with Crippen molar-refractivity contribution in [3.8, 4) is 5.75 Å². The third-order valence-corrected chi connectivity index (χ3v) is 8.33. The Labute approximate surface area is 183 Å². The van der Waals surface area contributed by atoms with Crippen LogP contribution in [0, 0.1) is 0 Å². The van der Waals surface area contributed by atoms with Crippen LogP contribution < -0.4 is 10.7 Å². The summed E-state index contributed by atoms with van der Waals surface area (Å²) < 4.78 is 23.2. The number of nitrogens with two attached hydrogens (primary N) is 1. The van der Waals surface area contributed by atoms with E-state index in [0.717, 1.165) is 42.9 Å². The van der Waals surface area contributed by atoms with Crippen molar-refractivity contribution in [1.29, 1.82) is 0 Å². The molecular formula is C22H29N4O4P. The van der Waals surface area contributed by atoms with E-state index in [9.17, 15) is 9.36 Å². The number of benzene rings is 2. The molecule has 8 nitrogen and oxygen atoms in total. The average Bonchev–Trinajstić information content (AvgIpc) is 3.65. The third kappa shape index (κ3) is 4.84. The Kier molecular flexibility index (Phi) is 6.19. The van der Waals surface area contributed by atoms with Gasteiger partial charge in [-0.1, -0.05) is 18.2 Å². The Morgan fingerprint density at radius 2 is 1.81 bits per heavy atom. The van der Waals surface area contributed by atoms with Crippen molar-refractivity contribution in [2.45, 2.75) is 19.4 Å². The van der Waals surface area contributed by atoms with Gasteiger partial charge in [0, 0.05) is 57.8 Å². The highest BCUT2D eigenvalue weighted by Crippen LogP contribution is 2.63. The van der Waals surface area contributed by atoms with Crippen LogP contribution in [0.1, 0.15) is 40.1 Å². The van der Waals surface area contributed by atoms with Crippen molar-refractivity contribution in [1.82, 2.24) is 14.2 Å². The minimum absolute atomic E-state index is 0.0474. The Morgan fingerprint density at radius 3 is 2.39 bits per heavy atom. The molecule has 2 N–H and O–H groups in total. The van der Waals surface area contributed by atoms with E-state index in [4.69, 9.17) is 15.3 Å². The lowest BCUT2D eigenvalue weighted by molar-refractivity contribution is 0.0827. The predicted molar refractivity (Wildman–Crippen MR) is 119 cm³/mol. The standard InChI is InChI=1S/C22H29N4O4P/c1-16(30-31(28,25-9-10-25)26-11-12-26)18-7-8-21(29-23)20(15-18)14-17-5-4-6-19(13-17)22(27)24(2)3/h4-8,13,15-16H,9-12,14,23H2,1-3H3. The van der Waals surface area contributed by atoms with Crippen LogP contribution in [-0.4, -0.2) is 60.4 Å². The van der Waals surface area contributed by atoms with Crippen LogP contribution in [0.25, 0.3) is 0 Å². The number of hydrogen-bond donors (Lipinski definition) is 1. The molecule has 2 heterocycles. The summed E-state index contributed by atoms with van der Waals surface area (Å²) in [6.07, 6.45) is 0.191. The van der Waals surface area contributed by atoms with Gasteiger partial charge in [-0.25, -0.2) is 9.34 Å². The fourth-order valence-corrected chi connectivity index (χ4v) is 5.92. The molecule has 4 rings (SSSR count). The van der Waals surface area contributed by atoms with Crippen LogP contribution in [0.2, 0.25) is 0 Å². The number of rotatable bonds is 9. The van der Waals surface area contributed by atoms with E-state index >= 15 is 0 Å². The molecule has 1 amide bonds. The highest BCUT2D eigenvalue weighted by Gasteiger charge is 2.50. The first-order chi connectivity index (χ1) is 14.8. The summed E-state index contributed by atoms with van der Waals surface area (Å²) in [5, 5.41) is 0. The molecule has 0 aromatic heterocycles. The summed E-state index contributed by atoms with van der Waals surface area (Å²) in [5.41, 5.74) is 3.37. The quantitative estimate of drug-likeness (QED) is 0.361. The Bertz CT molecular complexity index is 1000. The van der Waals surface area contributed by atoms with E-state index in [1.165, 1.54) is 0 Å². The van der Waals surface area contributed by atoms with Gasteiger partial charge in [-0.15, -0.1) is 0 Å². The van der Waals surface area contributed by atoms with Crippen LogP contribution in [0.15, 0.2) is 42.5 Å². The summed E-state index contributed by atoms with van der Waals surface area (Å²) in [4.78, 5) is 18.9. The Balaban J connectivity index is 1.56. The van der Waals surface area contributed by atoms with E-state index in [2.05, 4.69) is 0 Å². The van der Waals surface area contributed by atoms with Gasteiger partial charge in [0.25, 0.3) is 5.91 Å². The maximum atomic E-state index is 13.3. The SMILES string of the molecule is CC(OP(=O)(N1CC1)N1CC1)c1ccc(ON)c(Cc2cccc(C(=O)N(C)C)c2)c1. The molecule has 2 aromatic rings. The summed E-state index contributed by atoms with van der Waals surface area (Å²) in [7, 11) is 0.541. The molecule has 2 aliphatic heterocycles. The van der Waals surface area contributed by atoms with Gasteiger partial charge in [0.15, 0.2) is 0 Å². The van der Waals surface area contributed by atoms with Gasteiger partial charge in [-0.05, 0) is 42.3 Å². The maximum absolute atomic E-state index is 13.3. The number of hydrogen-bond acceptors (Lipinski definition) is 5. The highest BCUT2D eigenvalue weighted by atomic mass is 31.2. The van der Waals surface area contributed by atoms with Crippen LogP contribution in [0.4, 0.5) is 0 Å². The molecule has 2 fully saturated rings. The summed E-state index contributed by atoms with van der Waals surface area (Å²) >= 11 is 0. The topological polar surface area (TPSA) is 87.9 Å². The largest absolute Gasteiger partial charge is 0.411 e. The Morgan fingerprint density at radius 1 is 1.13 bits per heavy atom. The van der Waals surface area contributed by atoms with E-state index in [1.54, 1.807) is 31.1 Å². The van der Waals surface area contributed by atoms with Crippen molar-refractivity contribution >= 4 is 13.6 Å². The average molecular weight is 444 g/mol. The summed E-state index contributed by atoms with van der Waals surface area (Å²) in [6.45, 7) is 5.17. The monoisotopic (exact) mass is 444 g/mol. The molecule has 31 heavy (non-hydrogen) atoms. The van der Waals surface area contributed by atoms with E-state index < -0.39 is 7.67 Å². The summed E-state index contributed by atoms with van der Waals surface area (Å²) in [6, 6.07) is 13.2. The minimum Gasteiger partial charge on any atom is -0.411 e. The summed E-state index contributed by atoms with van der Waals surface area (Å²) in [5.74, 6) is 6.00. The molecule has 0 spiro atoms. The second-order valence-electron chi connectivity index (χ2n) is 8.21. The third-order valence-electron chi connectivity index (χ3n) is 5.51. The van der Waals surface area contributed by atoms with E-state index in [1.807, 2.05) is 46.6 Å². The minimum atomic E-state index is -2.92. The lowest BCUT2D eigenvalue weighted by Gasteiger charge is -2.24. The van der Waals surface area contributed by atoms with Crippen LogP contribution in [0.5, 0.6) is 5.75 Å². The molecule has 2 aromatic carbocycles. The van der Waals surface area contributed by atoms with Gasteiger partial charge in [0.2, 0.25) is 0 Å². The van der Waals surface area contributed by atoms with Crippen molar-refractivity contribution in [2.75, 3.05) is 40.3 Å². The highest BCUT2D eigenvalue weighted by molar-refractivity contribution is 7.54. The smallest absolute Gasteiger partial charge is 0.346 e. The van der Waals surface area contributed by atoms with Gasteiger partial charge in [-0.2, -0.15) is 5.90 Å². The normalized spacial score (nSPS) is 17.3. The van der Waals surface area contributed by atoms with Gasteiger partial charge in [0.1, 0.15) is 5.75 Å². The van der Waals surface area contributed by atoms with Gasteiger partial charge in [0.05, 0.1) is 6.10 Å². The van der Waals surface area contributed by atoms with E-state index in [-0.39, 0.29) is 12.0 Å². The van der Waals surface area contributed by atoms with Crippen molar-refractivity contribution in [3.05, 3.63) is 64.7 Å². The van der Waals surface area contributed by atoms with Gasteiger partial charge in [-0.3, -0.25) is 13.9 Å². The first kappa shape index (κ1) is 22.0. The molecule has 2 saturated heterocycles. The molecule has 2 aliphatic rings. The van der Waals surface area contributed by atoms with Gasteiger partial charge >= 0.3 is 7.67 Å². The molecular weight excluding hydrogens is 415 g/mol. The second-order valence-corrected chi connectivity index (χ2v) is 10.5. The maximum Gasteiger partial charge on any atom is 0.346 e. The lowest BCUT2D eigenvalue weighted by Crippen LogP contribution is -2.21. The number of nitrogens with zero attached hydrogens (tertiary/aromatic N) is 3. The van der Waals surface area contributed by atoms with E-state index in [0.29, 0.717) is 17.7 Å². The zero-order valence-corrected chi connectivity index (χ0v) is 19.0. The molecule has 0 aliphatic carbocycles. The van der Waals surface area contributed by atoms with Crippen LogP contribution in [0.3, 0.4) is 0 Å². The molecule has 9 heteroatoms. The van der Waals surface area contributed by atoms with Crippen LogP contribution >= 0.6 is 7.67 Å². The molecule has 0 bridgehead atoms. The molecule has 1 unspecified atom stereocenters. The molecule has 1 atom stereocenters. The predicted octanol–water partition coefficient (Wildman–Crippen LogP) is 3.05. The number of carbonyl (C=O) groups is 1. The fraction of sp³-hybridized carbons (Fsp3) is 0.409. The first-order valence-electron chi connectivity index (χ1n) is 10.4. The first-order valence-corrected chi connectivity index (χ1v) is 11.9. The number of amides is 1. The second kappa shape index (κ2) is 8.73. The lowest BCUT2D eigenvalue weighted by atomic mass is 9.98. The molecule has 0 radical (unpaired) electrons. The van der Waals surface area contributed by atoms with Crippen molar-refractivity contribution in [2.24, 2.45) is 5.90 Å². The number of carbonyl (C=O) groups excluding carboxylic acids is 1. The molecule has 0 saturated carbocycles. The van der Waals surface area contributed by atoms with Crippen molar-refractivity contribution < 1.29 is 18.7 Å². The zero-order chi connectivity index (χ0) is 22.2. The van der Waals surface area contributed by atoms with Gasteiger partial charge < -0.3 is 9.74 Å². The molecule has 166 valence electrons.